The van der Waals surface area contributed by atoms with Gasteiger partial charge in [0.05, 0.1) is 30.0 Å². The Balaban J connectivity index is 2.42. The third-order valence-corrected chi connectivity index (χ3v) is 7.35. The molecule has 9 heteroatoms. The first kappa shape index (κ1) is 24.1. The first-order valence-corrected chi connectivity index (χ1v) is 12.2. The van der Waals surface area contributed by atoms with Crippen molar-refractivity contribution in [1.29, 1.82) is 0 Å². The normalized spacial score (nSPS) is 17.5. The van der Waals surface area contributed by atoms with E-state index in [4.69, 9.17) is 4.74 Å². The first-order valence-electron chi connectivity index (χ1n) is 10.4. The maximum atomic E-state index is 11.9. The first-order chi connectivity index (χ1) is 14.1. The minimum atomic E-state index is -3.03. The van der Waals surface area contributed by atoms with Crippen LogP contribution in [0.2, 0.25) is 0 Å². The molecule has 1 aromatic carbocycles. The Morgan fingerprint density at radius 3 is 2.43 bits per heavy atom. The fourth-order valence-corrected chi connectivity index (χ4v) is 5.46. The molecule has 30 heavy (non-hydrogen) atoms. The van der Waals surface area contributed by atoms with Gasteiger partial charge in [-0.15, -0.1) is 0 Å². The fourth-order valence-electron chi connectivity index (χ4n) is 3.99. The second-order valence-corrected chi connectivity index (χ2v) is 10.6. The summed E-state index contributed by atoms with van der Waals surface area (Å²) in [6.45, 7) is 6.61. The van der Waals surface area contributed by atoms with E-state index in [-0.39, 0.29) is 47.5 Å². The van der Waals surface area contributed by atoms with Gasteiger partial charge >= 0.3 is 5.97 Å². The summed E-state index contributed by atoms with van der Waals surface area (Å²) < 4.78 is 28.5. The number of anilines is 1. The van der Waals surface area contributed by atoms with Gasteiger partial charge in [-0.05, 0) is 42.7 Å². The summed E-state index contributed by atoms with van der Waals surface area (Å²) in [5.41, 5.74) is 1.23. The standard InChI is InChI=1S/C21H32N2O6S/c1-5-16(13-21(24)29-4)17-6-7-19(20(12-17)23(25)26)22(14-15(2)3)18-8-10-30(27,28)11-9-18/h6-7,12,15-16,18H,5,8-11,13-14H2,1-4H3/t16-/m1/s1. The van der Waals surface area contributed by atoms with Gasteiger partial charge in [0.1, 0.15) is 15.5 Å². The molecule has 0 aromatic heterocycles. The molecule has 1 atom stereocenters. The summed E-state index contributed by atoms with van der Waals surface area (Å²) in [6.07, 6.45) is 1.75. The smallest absolute Gasteiger partial charge is 0.306 e. The van der Waals surface area contributed by atoms with Gasteiger partial charge in [0.2, 0.25) is 0 Å². The summed E-state index contributed by atoms with van der Waals surface area (Å²) in [6, 6.07) is 5.09. The van der Waals surface area contributed by atoms with Gasteiger partial charge in [0, 0.05) is 18.7 Å². The van der Waals surface area contributed by atoms with E-state index in [1.807, 2.05) is 31.7 Å². The van der Waals surface area contributed by atoms with E-state index in [9.17, 15) is 23.3 Å². The van der Waals surface area contributed by atoms with E-state index in [1.54, 1.807) is 12.1 Å². The molecule has 0 radical (unpaired) electrons. The predicted molar refractivity (Wildman–Crippen MR) is 117 cm³/mol. The van der Waals surface area contributed by atoms with Crippen LogP contribution in [0.3, 0.4) is 0 Å². The van der Waals surface area contributed by atoms with Crippen LogP contribution in [0.15, 0.2) is 18.2 Å². The summed E-state index contributed by atoms with van der Waals surface area (Å²) in [7, 11) is -1.70. The highest BCUT2D eigenvalue weighted by Gasteiger charge is 2.32. The van der Waals surface area contributed by atoms with Crippen molar-refractivity contribution < 1.29 is 22.9 Å². The van der Waals surface area contributed by atoms with Crippen LogP contribution in [0.1, 0.15) is 57.9 Å². The van der Waals surface area contributed by atoms with E-state index in [0.29, 0.717) is 31.5 Å². The number of carbonyl (C=O) groups excluding carboxylic acids is 1. The molecule has 0 amide bonds. The van der Waals surface area contributed by atoms with Crippen LogP contribution in [0.5, 0.6) is 0 Å². The molecule has 0 aliphatic carbocycles. The van der Waals surface area contributed by atoms with Crippen molar-refractivity contribution in [1.82, 2.24) is 0 Å². The Bertz CT molecular complexity index is 854. The molecular formula is C21H32N2O6S. The van der Waals surface area contributed by atoms with E-state index in [1.165, 1.54) is 7.11 Å². The van der Waals surface area contributed by atoms with Crippen LogP contribution >= 0.6 is 0 Å². The van der Waals surface area contributed by atoms with Crippen molar-refractivity contribution in [3.63, 3.8) is 0 Å². The summed E-state index contributed by atoms with van der Waals surface area (Å²) in [5, 5.41) is 11.9. The van der Waals surface area contributed by atoms with Crippen LogP contribution in [0.25, 0.3) is 0 Å². The number of methoxy groups -OCH3 is 1. The quantitative estimate of drug-likeness (QED) is 0.327. The number of benzene rings is 1. The van der Waals surface area contributed by atoms with Gasteiger partial charge < -0.3 is 9.64 Å². The minimum absolute atomic E-state index is 0.00936. The summed E-state index contributed by atoms with van der Waals surface area (Å²) >= 11 is 0. The van der Waals surface area contributed by atoms with Gasteiger partial charge in [-0.3, -0.25) is 14.9 Å². The van der Waals surface area contributed by atoms with Crippen LogP contribution in [-0.2, 0) is 19.4 Å². The van der Waals surface area contributed by atoms with E-state index in [0.717, 1.165) is 5.56 Å². The number of hydrogen-bond acceptors (Lipinski definition) is 7. The second kappa shape index (κ2) is 10.2. The molecule has 1 saturated heterocycles. The topological polar surface area (TPSA) is 107 Å². The summed E-state index contributed by atoms with van der Waals surface area (Å²) in [4.78, 5) is 25.3. The Labute approximate surface area is 178 Å². The van der Waals surface area contributed by atoms with Crippen LogP contribution in [-0.4, -0.2) is 50.5 Å². The average Bonchev–Trinajstić information content (AvgIpc) is 2.69. The highest BCUT2D eigenvalue weighted by Crippen LogP contribution is 2.37. The van der Waals surface area contributed by atoms with E-state index < -0.39 is 14.8 Å². The zero-order valence-electron chi connectivity index (χ0n) is 18.2. The van der Waals surface area contributed by atoms with E-state index in [2.05, 4.69) is 0 Å². The molecule has 1 fully saturated rings. The fraction of sp³-hybridized carbons (Fsp3) is 0.667. The second-order valence-electron chi connectivity index (χ2n) is 8.32. The third-order valence-electron chi connectivity index (χ3n) is 5.64. The lowest BCUT2D eigenvalue weighted by atomic mass is 9.92. The van der Waals surface area contributed by atoms with Gasteiger partial charge in [0.15, 0.2) is 0 Å². The van der Waals surface area contributed by atoms with Gasteiger partial charge in [-0.25, -0.2) is 8.42 Å². The molecule has 168 valence electrons. The molecule has 0 unspecified atom stereocenters. The minimum Gasteiger partial charge on any atom is -0.469 e. The van der Waals surface area contributed by atoms with Gasteiger partial charge in [-0.1, -0.05) is 26.8 Å². The number of carbonyl (C=O) groups is 1. The number of esters is 1. The van der Waals surface area contributed by atoms with Crippen LogP contribution in [0, 0.1) is 16.0 Å². The van der Waals surface area contributed by atoms with E-state index >= 15 is 0 Å². The molecule has 0 spiro atoms. The van der Waals surface area contributed by atoms with Gasteiger partial charge in [-0.2, -0.15) is 0 Å². The highest BCUT2D eigenvalue weighted by atomic mass is 32.2. The Morgan fingerprint density at radius 2 is 1.93 bits per heavy atom. The summed E-state index contributed by atoms with van der Waals surface area (Å²) in [5.74, 6) is -0.0443. The number of hydrogen-bond donors (Lipinski definition) is 0. The number of ether oxygens (including phenoxy) is 1. The maximum Gasteiger partial charge on any atom is 0.306 e. The lowest BCUT2D eigenvalue weighted by Crippen LogP contribution is -2.43. The van der Waals surface area contributed by atoms with Crippen molar-refractivity contribution in [3.05, 3.63) is 33.9 Å². The molecular weight excluding hydrogens is 408 g/mol. The van der Waals surface area contributed by atoms with Crippen molar-refractivity contribution in [2.75, 3.05) is 30.1 Å². The lowest BCUT2D eigenvalue weighted by molar-refractivity contribution is -0.384. The third kappa shape index (κ3) is 6.17. The number of nitro benzene ring substituents is 1. The monoisotopic (exact) mass is 440 g/mol. The lowest BCUT2D eigenvalue weighted by Gasteiger charge is -2.37. The molecule has 2 rings (SSSR count). The van der Waals surface area contributed by atoms with Crippen molar-refractivity contribution in [2.45, 2.75) is 58.4 Å². The largest absolute Gasteiger partial charge is 0.469 e. The van der Waals surface area contributed by atoms with Crippen molar-refractivity contribution in [2.24, 2.45) is 5.92 Å². The molecule has 8 nitrogen and oxygen atoms in total. The zero-order chi connectivity index (χ0) is 22.5. The maximum absolute atomic E-state index is 11.9. The predicted octanol–water partition coefficient (Wildman–Crippen LogP) is 3.69. The molecule has 1 heterocycles. The molecule has 0 saturated carbocycles. The van der Waals surface area contributed by atoms with Gasteiger partial charge in [0.25, 0.3) is 5.69 Å². The molecule has 1 aliphatic heterocycles. The van der Waals surface area contributed by atoms with Crippen molar-refractivity contribution >= 4 is 27.2 Å². The average molecular weight is 441 g/mol. The zero-order valence-corrected chi connectivity index (χ0v) is 19.0. The molecule has 0 N–H and O–H groups in total. The molecule has 0 bridgehead atoms. The van der Waals surface area contributed by atoms with Crippen LogP contribution in [0.4, 0.5) is 11.4 Å². The Hall–Kier alpha value is -2.16. The number of nitro groups is 1. The molecule has 1 aliphatic rings. The SMILES string of the molecule is CC[C@H](CC(=O)OC)c1ccc(N(CC(C)C)C2CCS(=O)(=O)CC2)c([N+](=O)[O-])c1. The molecule has 1 aromatic rings. The van der Waals surface area contributed by atoms with Crippen LogP contribution < -0.4 is 4.90 Å². The van der Waals surface area contributed by atoms with Crippen molar-refractivity contribution in [3.8, 4) is 0 Å². The number of nitrogens with zero attached hydrogens (tertiary/aromatic N) is 2. The Kier molecular flexibility index (Phi) is 8.23. The highest BCUT2D eigenvalue weighted by molar-refractivity contribution is 7.91. The Morgan fingerprint density at radius 1 is 1.30 bits per heavy atom. The number of sulfone groups is 1. The number of rotatable bonds is 9.